The first-order valence-electron chi connectivity index (χ1n) is 8.47. The second kappa shape index (κ2) is 10.4. The third-order valence-electron chi connectivity index (χ3n) is 3.63. The van der Waals surface area contributed by atoms with Crippen molar-refractivity contribution >= 4 is 46.2 Å². The molecule has 2 aromatic carbocycles. The molecule has 0 aliphatic carbocycles. The highest BCUT2D eigenvalue weighted by molar-refractivity contribution is 7.82. The Kier molecular flexibility index (Phi) is 7.92. The van der Waals surface area contributed by atoms with Crippen LogP contribution in [0.15, 0.2) is 91.7 Å². The van der Waals surface area contributed by atoms with Crippen molar-refractivity contribution < 1.29 is 9.47 Å². The first kappa shape index (κ1) is 21.3. The van der Waals surface area contributed by atoms with Gasteiger partial charge in [-0.1, -0.05) is 37.4 Å². The smallest absolute Gasteiger partial charge is 0.277 e. The maximum atomic E-state index is 5.82. The van der Waals surface area contributed by atoms with E-state index in [9.17, 15) is 0 Å². The molecule has 0 radical (unpaired) electrons. The van der Waals surface area contributed by atoms with Crippen molar-refractivity contribution in [2.45, 2.75) is 0 Å². The summed E-state index contributed by atoms with van der Waals surface area (Å²) >= 11 is 11.0. The summed E-state index contributed by atoms with van der Waals surface area (Å²) in [5.74, 6) is 1.06. The Morgan fingerprint density at radius 2 is 1.50 bits per heavy atom. The summed E-state index contributed by atoms with van der Waals surface area (Å²) < 4.78 is 11.6. The summed E-state index contributed by atoms with van der Waals surface area (Å²) in [7, 11) is 3.94. The highest BCUT2D eigenvalue weighted by atomic mass is 32.1. The van der Waals surface area contributed by atoms with E-state index in [4.69, 9.17) is 33.9 Å². The standard InChI is InChI=1S/C22H22N2O2S2/c1-5-10-19(6-2)25-21(27)24(18-15-13-17(14-16-18)23(3)4)22(28)26-20-11-8-7-9-12-20/h5-16H,1-2H2,3-4H3/b19-10+. The molecule has 0 aliphatic rings. The van der Waals surface area contributed by atoms with Gasteiger partial charge in [0.2, 0.25) is 0 Å². The number of allylic oxidation sites excluding steroid dienone is 3. The lowest BCUT2D eigenvalue weighted by Crippen LogP contribution is -2.39. The van der Waals surface area contributed by atoms with E-state index in [0.29, 0.717) is 11.5 Å². The average molecular weight is 411 g/mol. The van der Waals surface area contributed by atoms with Crippen LogP contribution in [0.5, 0.6) is 5.75 Å². The van der Waals surface area contributed by atoms with E-state index in [-0.39, 0.29) is 10.3 Å². The fourth-order valence-electron chi connectivity index (χ4n) is 2.23. The van der Waals surface area contributed by atoms with Crippen LogP contribution < -0.4 is 14.5 Å². The minimum Gasteiger partial charge on any atom is -0.431 e. The fraction of sp³-hybridized carbons (Fsp3) is 0.0909. The van der Waals surface area contributed by atoms with Gasteiger partial charge in [-0.2, -0.15) is 0 Å². The van der Waals surface area contributed by atoms with Crippen LogP contribution in [0.4, 0.5) is 11.4 Å². The van der Waals surface area contributed by atoms with Crippen molar-refractivity contribution in [2.24, 2.45) is 0 Å². The predicted molar refractivity (Wildman–Crippen MR) is 125 cm³/mol. The average Bonchev–Trinajstić information content (AvgIpc) is 2.69. The number of thiocarbonyl (C=S) groups is 2. The molecule has 0 atom stereocenters. The molecule has 0 fully saturated rings. The molecule has 144 valence electrons. The Bertz CT molecular complexity index is 875. The molecule has 0 heterocycles. The Morgan fingerprint density at radius 3 is 2.04 bits per heavy atom. The third-order valence-corrected chi connectivity index (χ3v) is 4.16. The van der Waals surface area contributed by atoms with Gasteiger partial charge in [0.15, 0.2) is 0 Å². The Hall–Kier alpha value is -2.96. The lowest BCUT2D eigenvalue weighted by atomic mass is 10.2. The molecule has 0 amide bonds. The van der Waals surface area contributed by atoms with Crippen molar-refractivity contribution in [1.82, 2.24) is 0 Å². The molecule has 2 rings (SSSR count). The van der Waals surface area contributed by atoms with E-state index >= 15 is 0 Å². The van der Waals surface area contributed by atoms with Crippen LogP contribution in [-0.4, -0.2) is 24.4 Å². The molecule has 0 spiro atoms. The number of hydrogen-bond acceptors (Lipinski definition) is 5. The van der Waals surface area contributed by atoms with Crippen LogP contribution in [-0.2, 0) is 4.74 Å². The molecule has 6 heteroatoms. The SMILES string of the molecule is C=C/C=C(\C=C)OC(=S)N(C(=S)Oc1ccccc1)c1ccc(N(C)C)cc1. The van der Waals surface area contributed by atoms with Gasteiger partial charge in [-0.05, 0) is 73.0 Å². The Morgan fingerprint density at radius 1 is 0.893 bits per heavy atom. The molecule has 0 aromatic heterocycles. The van der Waals surface area contributed by atoms with Gasteiger partial charge >= 0.3 is 0 Å². The van der Waals surface area contributed by atoms with Gasteiger partial charge < -0.3 is 14.4 Å². The normalized spacial score (nSPS) is 10.6. The third kappa shape index (κ3) is 5.77. The summed E-state index contributed by atoms with van der Waals surface area (Å²) in [5.41, 5.74) is 1.77. The van der Waals surface area contributed by atoms with Gasteiger partial charge in [0, 0.05) is 19.8 Å². The number of para-hydroxylation sites is 1. The summed E-state index contributed by atoms with van der Waals surface area (Å²) in [6.07, 6.45) is 4.80. The summed E-state index contributed by atoms with van der Waals surface area (Å²) in [6, 6.07) is 17.0. The Balaban J connectivity index is 2.34. The molecule has 2 aromatic rings. The van der Waals surface area contributed by atoms with E-state index in [1.54, 1.807) is 23.1 Å². The molecule has 0 N–H and O–H groups in total. The summed E-state index contributed by atoms with van der Waals surface area (Å²) in [4.78, 5) is 3.56. The van der Waals surface area contributed by atoms with E-state index in [1.807, 2.05) is 73.6 Å². The van der Waals surface area contributed by atoms with Crippen LogP contribution in [0.1, 0.15) is 0 Å². The number of rotatable bonds is 6. The number of ether oxygens (including phenoxy) is 2. The van der Waals surface area contributed by atoms with Gasteiger partial charge in [0.05, 0.1) is 5.69 Å². The zero-order valence-corrected chi connectivity index (χ0v) is 17.5. The van der Waals surface area contributed by atoms with Crippen molar-refractivity contribution in [2.75, 3.05) is 23.9 Å². The summed E-state index contributed by atoms with van der Waals surface area (Å²) in [6.45, 7) is 7.38. The zero-order valence-electron chi connectivity index (χ0n) is 15.9. The summed E-state index contributed by atoms with van der Waals surface area (Å²) in [5, 5.41) is 0.266. The molecule has 28 heavy (non-hydrogen) atoms. The second-order valence-electron chi connectivity index (χ2n) is 5.80. The zero-order chi connectivity index (χ0) is 20.5. The fourth-order valence-corrected chi connectivity index (χ4v) is 2.85. The van der Waals surface area contributed by atoms with Crippen LogP contribution in [0.2, 0.25) is 0 Å². The van der Waals surface area contributed by atoms with Gasteiger partial charge in [0.25, 0.3) is 10.3 Å². The van der Waals surface area contributed by atoms with Gasteiger partial charge in [-0.15, -0.1) is 0 Å². The molecular weight excluding hydrogens is 388 g/mol. The number of nitrogens with zero attached hydrogens (tertiary/aromatic N) is 2. The second-order valence-corrected chi connectivity index (χ2v) is 6.50. The van der Waals surface area contributed by atoms with E-state index < -0.39 is 0 Å². The van der Waals surface area contributed by atoms with Crippen LogP contribution in [0.25, 0.3) is 0 Å². The minimum absolute atomic E-state index is 0.117. The van der Waals surface area contributed by atoms with Gasteiger partial charge in [-0.25, -0.2) is 4.90 Å². The molecule has 0 saturated heterocycles. The molecule has 0 bridgehead atoms. The first-order valence-corrected chi connectivity index (χ1v) is 9.29. The number of hydrogen-bond donors (Lipinski definition) is 0. The molecule has 0 saturated carbocycles. The van der Waals surface area contributed by atoms with Crippen molar-refractivity contribution in [3.8, 4) is 5.75 Å². The van der Waals surface area contributed by atoms with Gasteiger partial charge in [-0.3, -0.25) is 0 Å². The Labute approximate surface area is 177 Å². The lowest BCUT2D eigenvalue weighted by Gasteiger charge is -2.25. The maximum Gasteiger partial charge on any atom is 0.277 e. The minimum atomic E-state index is 0.117. The highest BCUT2D eigenvalue weighted by Gasteiger charge is 2.21. The molecular formula is C22H22N2O2S2. The van der Waals surface area contributed by atoms with Gasteiger partial charge in [0.1, 0.15) is 11.5 Å². The van der Waals surface area contributed by atoms with Crippen molar-refractivity contribution in [3.63, 3.8) is 0 Å². The van der Waals surface area contributed by atoms with Crippen molar-refractivity contribution in [3.05, 3.63) is 91.7 Å². The van der Waals surface area contributed by atoms with E-state index in [1.165, 1.54) is 0 Å². The largest absolute Gasteiger partial charge is 0.431 e. The molecule has 0 unspecified atom stereocenters. The topological polar surface area (TPSA) is 24.9 Å². The quantitative estimate of drug-likeness (QED) is 0.355. The predicted octanol–water partition coefficient (Wildman–Crippen LogP) is 5.48. The van der Waals surface area contributed by atoms with Crippen molar-refractivity contribution in [1.29, 1.82) is 0 Å². The van der Waals surface area contributed by atoms with E-state index in [2.05, 4.69) is 13.2 Å². The monoisotopic (exact) mass is 410 g/mol. The number of benzene rings is 2. The highest BCUT2D eigenvalue weighted by Crippen LogP contribution is 2.23. The van der Waals surface area contributed by atoms with Crippen LogP contribution >= 0.6 is 24.4 Å². The number of anilines is 2. The molecule has 0 aliphatic heterocycles. The van der Waals surface area contributed by atoms with Crippen LogP contribution in [0.3, 0.4) is 0 Å². The first-order chi connectivity index (χ1) is 13.5. The molecule has 4 nitrogen and oxygen atoms in total. The van der Waals surface area contributed by atoms with Crippen LogP contribution in [0, 0.1) is 0 Å². The maximum absolute atomic E-state index is 5.82. The van der Waals surface area contributed by atoms with E-state index in [0.717, 1.165) is 11.4 Å². The lowest BCUT2D eigenvalue weighted by molar-refractivity contribution is 0.435.